The van der Waals surface area contributed by atoms with Crippen LogP contribution in [0.3, 0.4) is 0 Å². The second kappa shape index (κ2) is 15.5. The van der Waals surface area contributed by atoms with Crippen molar-refractivity contribution in [2.45, 2.75) is 83.5 Å². The molecule has 1 aliphatic rings. The van der Waals surface area contributed by atoms with Crippen molar-refractivity contribution in [1.82, 2.24) is 9.96 Å². The molecule has 0 atom stereocenters. The van der Waals surface area contributed by atoms with Crippen molar-refractivity contribution < 1.29 is 4.84 Å². The van der Waals surface area contributed by atoms with Crippen LogP contribution in [-0.4, -0.2) is 44.3 Å². The fraction of sp³-hybridized carbons (Fsp3) is 0.818. The molecule has 0 spiro atoms. The quantitative estimate of drug-likeness (QED) is 0.253. The van der Waals surface area contributed by atoms with Crippen molar-refractivity contribution in [3.63, 3.8) is 0 Å². The van der Waals surface area contributed by atoms with E-state index >= 15 is 0 Å². The van der Waals surface area contributed by atoms with Crippen LogP contribution in [0.4, 0.5) is 0 Å². The molecule has 0 radical (unpaired) electrons. The van der Waals surface area contributed by atoms with Gasteiger partial charge < -0.3 is 9.74 Å². The molecule has 3 nitrogen and oxygen atoms in total. The number of allylic oxidation sites excluding steroid dienone is 2. The first-order chi connectivity index (χ1) is 12.2. The fourth-order valence-corrected chi connectivity index (χ4v) is 3.46. The van der Waals surface area contributed by atoms with Crippen LogP contribution in [0.2, 0.25) is 0 Å². The van der Waals surface area contributed by atoms with Gasteiger partial charge in [-0.05, 0) is 31.5 Å². The molecule has 0 aromatic rings. The number of hydrogen-bond donors (Lipinski definition) is 0. The molecule has 0 saturated carbocycles. The van der Waals surface area contributed by atoms with E-state index in [1.165, 1.54) is 83.5 Å². The zero-order valence-electron chi connectivity index (χ0n) is 17.1. The minimum absolute atomic E-state index is 1.06. The Morgan fingerprint density at radius 1 is 0.880 bits per heavy atom. The van der Waals surface area contributed by atoms with Gasteiger partial charge in [-0.1, -0.05) is 75.9 Å². The van der Waals surface area contributed by atoms with Gasteiger partial charge in [-0.2, -0.15) is 5.06 Å². The SMILES string of the molecule is CON(C)CCCCCCCCCCCCCCC1=CC=CN(C)C1. The number of unbranched alkanes of at least 4 members (excludes halogenated alkanes) is 11. The van der Waals surface area contributed by atoms with Crippen molar-refractivity contribution in [1.29, 1.82) is 0 Å². The molecule has 0 aromatic heterocycles. The lowest BCUT2D eigenvalue weighted by Gasteiger charge is -2.19. The number of nitrogens with zero attached hydrogens (tertiary/aromatic N) is 2. The molecule has 1 heterocycles. The van der Waals surface area contributed by atoms with E-state index in [1.807, 2.05) is 12.1 Å². The molecule has 1 rings (SSSR count). The smallest absolute Gasteiger partial charge is 0.0575 e. The number of likely N-dealkylation sites (N-methyl/N-ethyl adjacent to an activating group) is 1. The van der Waals surface area contributed by atoms with E-state index in [-0.39, 0.29) is 0 Å². The van der Waals surface area contributed by atoms with E-state index in [0.717, 1.165) is 13.1 Å². The maximum atomic E-state index is 5.12. The Labute approximate surface area is 157 Å². The zero-order valence-corrected chi connectivity index (χ0v) is 17.1. The van der Waals surface area contributed by atoms with Crippen LogP contribution < -0.4 is 0 Å². The van der Waals surface area contributed by atoms with Crippen LogP contribution >= 0.6 is 0 Å². The average molecular weight is 351 g/mol. The molecular weight excluding hydrogens is 308 g/mol. The van der Waals surface area contributed by atoms with Gasteiger partial charge in [-0.15, -0.1) is 0 Å². The highest BCUT2D eigenvalue weighted by molar-refractivity contribution is 5.18. The molecule has 0 fully saturated rings. The lowest BCUT2D eigenvalue weighted by atomic mass is 10.0. The Kier molecular flexibility index (Phi) is 13.7. The zero-order chi connectivity index (χ0) is 18.2. The minimum Gasteiger partial charge on any atom is -0.376 e. The van der Waals surface area contributed by atoms with Crippen LogP contribution in [0, 0.1) is 0 Å². The van der Waals surface area contributed by atoms with Gasteiger partial charge in [0.25, 0.3) is 0 Å². The summed E-state index contributed by atoms with van der Waals surface area (Å²) < 4.78 is 0. The molecule has 0 N–H and O–H groups in total. The van der Waals surface area contributed by atoms with Crippen LogP contribution in [0.25, 0.3) is 0 Å². The number of hydrogen-bond acceptors (Lipinski definition) is 3. The van der Waals surface area contributed by atoms with Gasteiger partial charge in [0.1, 0.15) is 0 Å². The second-order valence-corrected chi connectivity index (χ2v) is 7.61. The molecular formula is C22H42N2O. The van der Waals surface area contributed by atoms with Crippen molar-refractivity contribution in [3.05, 3.63) is 23.9 Å². The summed E-state index contributed by atoms with van der Waals surface area (Å²) in [6.45, 7) is 2.18. The molecule has 146 valence electrons. The predicted octanol–water partition coefficient (Wildman–Crippen LogP) is 5.94. The van der Waals surface area contributed by atoms with Gasteiger partial charge in [0.05, 0.1) is 7.11 Å². The molecule has 3 heteroatoms. The van der Waals surface area contributed by atoms with Gasteiger partial charge >= 0.3 is 0 Å². The van der Waals surface area contributed by atoms with Gasteiger partial charge in [-0.25, -0.2) is 0 Å². The van der Waals surface area contributed by atoms with Crippen molar-refractivity contribution in [3.8, 4) is 0 Å². The Hall–Kier alpha value is -0.800. The number of rotatable bonds is 16. The van der Waals surface area contributed by atoms with E-state index in [1.54, 1.807) is 12.7 Å². The molecule has 0 unspecified atom stereocenters. The van der Waals surface area contributed by atoms with Crippen LogP contribution in [0.1, 0.15) is 83.5 Å². The summed E-state index contributed by atoms with van der Waals surface area (Å²) in [4.78, 5) is 7.39. The maximum absolute atomic E-state index is 5.12. The minimum atomic E-state index is 1.06. The van der Waals surface area contributed by atoms with Crippen molar-refractivity contribution >= 4 is 0 Å². The highest BCUT2D eigenvalue weighted by Crippen LogP contribution is 2.16. The maximum Gasteiger partial charge on any atom is 0.0575 e. The average Bonchev–Trinajstić information content (AvgIpc) is 2.61. The van der Waals surface area contributed by atoms with Crippen molar-refractivity contribution in [2.75, 3.05) is 34.3 Å². The summed E-state index contributed by atoms with van der Waals surface area (Å²) in [6.07, 6.45) is 24.7. The summed E-state index contributed by atoms with van der Waals surface area (Å²) in [5.41, 5.74) is 1.60. The summed E-state index contributed by atoms with van der Waals surface area (Å²) in [7, 11) is 5.90. The van der Waals surface area contributed by atoms with E-state index in [4.69, 9.17) is 4.84 Å². The molecule has 0 aliphatic carbocycles. The van der Waals surface area contributed by atoms with Gasteiger partial charge in [0.15, 0.2) is 0 Å². The first-order valence-corrected chi connectivity index (χ1v) is 10.5. The van der Waals surface area contributed by atoms with Crippen molar-refractivity contribution in [2.24, 2.45) is 0 Å². The van der Waals surface area contributed by atoms with E-state index in [2.05, 4.69) is 30.3 Å². The standard InChI is InChI=1S/C22H42N2O/c1-23-19-16-18-22(21-23)17-14-12-10-8-6-4-5-7-9-11-13-15-20-24(2)25-3/h16,18-19H,4-15,17,20-21H2,1-3H3. The Morgan fingerprint density at radius 2 is 1.40 bits per heavy atom. The summed E-state index contributed by atoms with van der Waals surface area (Å²) in [6, 6.07) is 0. The van der Waals surface area contributed by atoms with Crippen LogP contribution in [0.15, 0.2) is 23.9 Å². The lowest BCUT2D eigenvalue weighted by Crippen LogP contribution is -2.17. The van der Waals surface area contributed by atoms with Gasteiger partial charge in [0, 0.05) is 27.2 Å². The Morgan fingerprint density at radius 3 is 1.92 bits per heavy atom. The first kappa shape index (κ1) is 22.2. The third-order valence-electron chi connectivity index (χ3n) is 5.16. The molecule has 0 amide bonds. The van der Waals surface area contributed by atoms with E-state index in [0.29, 0.717) is 0 Å². The van der Waals surface area contributed by atoms with E-state index < -0.39 is 0 Å². The highest BCUT2D eigenvalue weighted by atomic mass is 16.7. The molecule has 0 saturated heterocycles. The Balaban J connectivity index is 1.75. The molecule has 1 aliphatic heterocycles. The lowest BCUT2D eigenvalue weighted by molar-refractivity contribution is -0.109. The summed E-state index contributed by atoms with van der Waals surface area (Å²) >= 11 is 0. The Bertz CT molecular complexity index is 365. The molecule has 0 bridgehead atoms. The molecule has 0 aromatic carbocycles. The van der Waals surface area contributed by atoms with Crippen LogP contribution in [0.5, 0.6) is 0 Å². The molecule has 25 heavy (non-hydrogen) atoms. The summed E-state index contributed by atoms with van der Waals surface area (Å²) in [5.74, 6) is 0. The third-order valence-corrected chi connectivity index (χ3v) is 5.16. The van der Waals surface area contributed by atoms with Crippen LogP contribution in [-0.2, 0) is 4.84 Å². The van der Waals surface area contributed by atoms with Gasteiger partial charge in [-0.3, -0.25) is 0 Å². The fourth-order valence-electron chi connectivity index (χ4n) is 3.46. The van der Waals surface area contributed by atoms with E-state index in [9.17, 15) is 0 Å². The summed E-state index contributed by atoms with van der Waals surface area (Å²) in [5, 5.41) is 1.92. The monoisotopic (exact) mass is 350 g/mol. The normalized spacial score (nSPS) is 14.4. The highest BCUT2D eigenvalue weighted by Gasteiger charge is 2.03. The second-order valence-electron chi connectivity index (χ2n) is 7.61. The van der Waals surface area contributed by atoms with Gasteiger partial charge in [0.2, 0.25) is 0 Å². The topological polar surface area (TPSA) is 15.7 Å². The number of hydroxylamine groups is 2. The first-order valence-electron chi connectivity index (χ1n) is 10.5. The third kappa shape index (κ3) is 13.1. The largest absolute Gasteiger partial charge is 0.376 e. The predicted molar refractivity (Wildman–Crippen MR) is 110 cm³/mol.